The van der Waals surface area contributed by atoms with Crippen LogP contribution in [0.4, 0.5) is 0 Å². The van der Waals surface area contributed by atoms with Crippen LogP contribution in [0.5, 0.6) is 0 Å². The molecule has 2 heterocycles. The lowest BCUT2D eigenvalue weighted by molar-refractivity contribution is -0.164. The fourth-order valence-electron chi connectivity index (χ4n) is 3.97. The molecule has 3 unspecified atom stereocenters. The van der Waals surface area contributed by atoms with Crippen molar-refractivity contribution < 1.29 is 24.2 Å². The maximum Gasteiger partial charge on any atom is 0.353 e. The van der Waals surface area contributed by atoms with Crippen LogP contribution in [0.25, 0.3) is 0 Å². The van der Waals surface area contributed by atoms with Crippen LogP contribution in [0.15, 0.2) is 10.6 Å². The number of carbonyl (C=O) groups is 2. The molecule has 1 amide bonds. The second-order valence-electron chi connectivity index (χ2n) is 7.63. The molecule has 0 aliphatic carbocycles. The van der Waals surface area contributed by atoms with Gasteiger partial charge in [0, 0.05) is 10.8 Å². The first-order chi connectivity index (χ1) is 10.5. The zero-order chi connectivity index (χ0) is 17.7. The third kappa shape index (κ3) is 2.86. The molecule has 0 radical (unpaired) electrons. The topological polar surface area (TPSA) is 87.1 Å². The van der Waals surface area contributed by atoms with Crippen molar-refractivity contribution >= 4 is 34.1 Å². The van der Waals surface area contributed by atoms with Crippen molar-refractivity contribution in [1.29, 1.82) is 0 Å². The van der Waals surface area contributed by atoms with Gasteiger partial charge in [-0.1, -0.05) is 32.5 Å². The molecule has 0 aromatic carbocycles. The van der Waals surface area contributed by atoms with Gasteiger partial charge in [0.25, 0.3) is 0 Å². The van der Waals surface area contributed by atoms with E-state index in [-0.39, 0.29) is 40.8 Å². The lowest BCUT2D eigenvalue weighted by Gasteiger charge is -2.54. The summed E-state index contributed by atoms with van der Waals surface area (Å²) in [6, 6.07) is 0. The second-order valence-corrected chi connectivity index (χ2v) is 9.25. The number of thioether (sulfide) groups is 1. The lowest BCUT2D eigenvalue weighted by atomic mass is 9.63. The smallest absolute Gasteiger partial charge is 0.353 e. The molecule has 0 saturated carbocycles. The fourth-order valence-corrected chi connectivity index (χ4v) is 5.62. The van der Waals surface area contributed by atoms with Crippen molar-refractivity contribution in [2.75, 3.05) is 6.61 Å². The molecule has 23 heavy (non-hydrogen) atoms. The van der Waals surface area contributed by atoms with Crippen LogP contribution < -0.4 is 0 Å². The lowest BCUT2D eigenvalue weighted by Crippen LogP contribution is -2.65. The summed E-state index contributed by atoms with van der Waals surface area (Å²) < 4.78 is 5.79. The summed E-state index contributed by atoms with van der Waals surface area (Å²) in [6.07, 6.45) is 0. The van der Waals surface area contributed by atoms with Gasteiger partial charge in [0.15, 0.2) is 0 Å². The van der Waals surface area contributed by atoms with Gasteiger partial charge in [-0.3, -0.25) is 9.69 Å². The van der Waals surface area contributed by atoms with Gasteiger partial charge in [0.05, 0.1) is 23.5 Å². The number of β-lactam (4-membered cyclic amide) rings is 1. The van der Waals surface area contributed by atoms with Crippen LogP contribution in [-0.4, -0.2) is 55.1 Å². The van der Waals surface area contributed by atoms with Gasteiger partial charge < -0.3 is 14.6 Å². The molecule has 2 rings (SSSR count). The average Bonchev–Trinajstić information content (AvgIpc) is 2.78. The van der Waals surface area contributed by atoms with Crippen molar-refractivity contribution in [1.82, 2.24) is 4.90 Å². The van der Waals surface area contributed by atoms with Crippen molar-refractivity contribution in [3.8, 4) is 0 Å². The normalized spacial score (nSPS) is 26.3. The molecular weight excluding hydrogens is 334 g/mol. The highest BCUT2D eigenvalue weighted by Gasteiger charge is 2.62. The van der Waals surface area contributed by atoms with Gasteiger partial charge in [-0.15, -0.1) is 0 Å². The molecule has 0 aromatic rings. The summed E-state index contributed by atoms with van der Waals surface area (Å²) >= 11 is 1.29. The molecule has 8 heteroatoms. The van der Waals surface area contributed by atoms with Gasteiger partial charge in [0.1, 0.15) is 16.2 Å². The number of aliphatic carboxylic acids is 1. The summed E-state index contributed by atoms with van der Waals surface area (Å²) in [4.78, 5) is 25.9. The Kier molecular flexibility index (Phi) is 4.75. The van der Waals surface area contributed by atoms with Crippen LogP contribution in [0.3, 0.4) is 0 Å². The Balaban J connectivity index is 2.38. The number of amides is 1. The number of aliphatic hydroxyl groups is 1. The Morgan fingerprint density at radius 3 is 2.35 bits per heavy atom. The van der Waals surface area contributed by atoms with Crippen molar-refractivity contribution in [3.05, 3.63) is 10.6 Å². The zero-order valence-corrected chi connectivity index (χ0v) is 17.2. The van der Waals surface area contributed by atoms with Crippen LogP contribution in [0.2, 0.25) is 0 Å². The first-order valence-corrected chi connectivity index (χ1v) is 9.29. The number of carboxylic acid groups (broad SMARTS) is 1. The molecule has 3 atom stereocenters. The Bertz CT molecular complexity index is 569. The number of nitrogens with zero attached hydrogens (tertiary/aromatic N) is 1. The molecule has 130 valence electrons. The van der Waals surface area contributed by atoms with Crippen LogP contribution >= 0.6 is 11.8 Å². The van der Waals surface area contributed by atoms with E-state index in [0.717, 1.165) is 0 Å². The summed E-state index contributed by atoms with van der Waals surface area (Å²) in [5.41, 5.74) is -0.712. The number of rotatable bonds is 5. The van der Waals surface area contributed by atoms with Crippen LogP contribution in [0.1, 0.15) is 34.6 Å². The van der Waals surface area contributed by atoms with Crippen molar-refractivity contribution in [3.63, 3.8) is 0 Å². The fraction of sp³-hybridized carbons (Fsp3) is 0.733. The molecule has 2 aliphatic rings. The highest BCUT2D eigenvalue weighted by molar-refractivity contribution is 8.04. The van der Waals surface area contributed by atoms with Crippen molar-refractivity contribution in [2.45, 2.75) is 45.6 Å². The molecule has 0 bridgehead atoms. The van der Waals surface area contributed by atoms with E-state index >= 15 is 0 Å². The van der Waals surface area contributed by atoms with Gasteiger partial charge in [-0.05, 0) is 19.3 Å². The standard InChI is InChI=1S/C15H25NO5SSi/c1-14(2,3)10(15(4,5)21-23)8-11(18)16-9(13(19)20)7(6-17)22-12(8)16/h8,10,12,17H,6H2,1-5,23H3,(H,19,20). The first-order valence-electron chi connectivity index (χ1n) is 7.59. The van der Waals surface area contributed by atoms with E-state index in [1.807, 2.05) is 13.8 Å². The predicted octanol–water partition coefficient (Wildman–Crippen LogP) is 0.544. The van der Waals surface area contributed by atoms with Crippen LogP contribution in [-0.2, 0) is 14.0 Å². The summed E-state index contributed by atoms with van der Waals surface area (Å²) in [5, 5.41) is 18.5. The Hall–Kier alpha value is -0.833. The monoisotopic (exact) mass is 359 g/mol. The Morgan fingerprint density at radius 2 is 1.96 bits per heavy atom. The van der Waals surface area contributed by atoms with Gasteiger partial charge in [-0.2, -0.15) is 0 Å². The summed E-state index contributed by atoms with van der Waals surface area (Å²) in [6.45, 7) is 9.85. The SMILES string of the molecule is CC(C)(C)C(C1C(=O)N2C(C(=O)O)=C(CO)SC12)C(C)(C)O[SiH3]. The first kappa shape index (κ1) is 18.5. The minimum absolute atomic E-state index is 0.0539. The van der Waals surface area contributed by atoms with Crippen LogP contribution in [0, 0.1) is 17.3 Å². The third-order valence-corrected chi connectivity index (χ3v) is 7.17. The highest BCUT2D eigenvalue weighted by atomic mass is 32.2. The quantitative estimate of drug-likeness (QED) is 0.550. The van der Waals surface area contributed by atoms with Gasteiger partial charge >= 0.3 is 5.97 Å². The molecule has 6 nitrogen and oxygen atoms in total. The number of hydrogen-bond acceptors (Lipinski definition) is 5. The summed E-state index contributed by atoms with van der Waals surface area (Å²) in [5.74, 6) is -1.72. The molecule has 1 saturated heterocycles. The highest BCUT2D eigenvalue weighted by Crippen LogP contribution is 2.56. The number of aliphatic hydroxyl groups excluding tert-OH is 1. The van der Waals surface area contributed by atoms with E-state index in [2.05, 4.69) is 20.8 Å². The van der Waals surface area contributed by atoms with E-state index in [0.29, 0.717) is 15.4 Å². The van der Waals surface area contributed by atoms with E-state index in [9.17, 15) is 19.8 Å². The average molecular weight is 360 g/mol. The summed E-state index contributed by atoms with van der Waals surface area (Å²) in [7, 11) is 0.563. The minimum atomic E-state index is -1.17. The maximum absolute atomic E-state index is 12.8. The molecular formula is C15H25NO5SSi. The molecule has 2 N–H and O–H groups in total. The molecule has 0 spiro atoms. The zero-order valence-electron chi connectivity index (χ0n) is 14.4. The number of hydrogen-bond donors (Lipinski definition) is 2. The number of carboxylic acids is 1. The van der Waals surface area contributed by atoms with E-state index in [4.69, 9.17) is 4.43 Å². The van der Waals surface area contributed by atoms with E-state index in [1.165, 1.54) is 16.7 Å². The Labute approximate surface area is 143 Å². The van der Waals surface area contributed by atoms with E-state index in [1.54, 1.807) is 0 Å². The number of fused-ring (bicyclic) bond motifs is 1. The van der Waals surface area contributed by atoms with Gasteiger partial charge in [0.2, 0.25) is 5.91 Å². The van der Waals surface area contributed by atoms with Crippen molar-refractivity contribution in [2.24, 2.45) is 17.3 Å². The largest absolute Gasteiger partial charge is 0.477 e. The Morgan fingerprint density at radius 1 is 1.39 bits per heavy atom. The minimum Gasteiger partial charge on any atom is -0.477 e. The van der Waals surface area contributed by atoms with Gasteiger partial charge in [-0.25, -0.2) is 4.79 Å². The second kappa shape index (κ2) is 5.91. The molecule has 0 aromatic heterocycles. The number of carbonyl (C=O) groups excluding carboxylic acids is 1. The molecule has 1 fully saturated rings. The maximum atomic E-state index is 12.8. The molecule has 2 aliphatic heterocycles. The third-order valence-electron chi connectivity index (χ3n) is 4.77. The van der Waals surface area contributed by atoms with E-state index < -0.39 is 11.6 Å². The predicted molar refractivity (Wildman–Crippen MR) is 91.5 cm³/mol.